The van der Waals surface area contributed by atoms with Crippen LogP contribution < -0.4 is 10.1 Å². The van der Waals surface area contributed by atoms with E-state index in [0.29, 0.717) is 10.6 Å². The number of benzene rings is 3. The van der Waals surface area contributed by atoms with Gasteiger partial charge in [0, 0.05) is 47.5 Å². The normalized spacial score (nSPS) is 15.0. The van der Waals surface area contributed by atoms with Gasteiger partial charge in [-0.1, -0.05) is 43.6 Å². The molecule has 0 saturated carbocycles. The zero-order chi connectivity index (χ0) is 26.6. The number of aromatic nitrogens is 2. The number of carbonyl (C=O) groups is 2. The number of nitrogens with one attached hydrogen (secondary N) is 2. The smallest absolute Gasteiger partial charge is 0.251 e. The van der Waals surface area contributed by atoms with Gasteiger partial charge >= 0.3 is 0 Å². The maximum Gasteiger partial charge on any atom is 0.251 e. The third-order valence-electron chi connectivity index (χ3n) is 7.07. The number of nitrogens with zero attached hydrogens (tertiary/aromatic N) is 2. The van der Waals surface area contributed by atoms with Crippen LogP contribution in [0.2, 0.25) is 5.02 Å². The molecule has 1 aliphatic heterocycles. The second-order valence-corrected chi connectivity index (χ2v) is 10.4. The molecule has 7 nitrogen and oxygen atoms in total. The highest BCUT2D eigenvalue weighted by Gasteiger charge is 2.22. The van der Waals surface area contributed by atoms with Crippen LogP contribution in [0.4, 0.5) is 0 Å². The van der Waals surface area contributed by atoms with Crippen molar-refractivity contribution < 1.29 is 14.3 Å². The highest BCUT2D eigenvalue weighted by Crippen LogP contribution is 2.31. The summed E-state index contributed by atoms with van der Waals surface area (Å²) >= 11 is 6.43. The molecule has 1 saturated heterocycles. The Labute approximate surface area is 227 Å². The van der Waals surface area contributed by atoms with E-state index in [1.165, 1.54) is 0 Å². The van der Waals surface area contributed by atoms with Crippen molar-refractivity contribution in [2.24, 2.45) is 5.92 Å². The van der Waals surface area contributed by atoms with Crippen molar-refractivity contribution in [1.82, 2.24) is 20.4 Å². The van der Waals surface area contributed by atoms with Crippen molar-refractivity contribution in [2.75, 3.05) is 13.1 Å². The number of hydrogen-bond donors (Lipinski definition) is 2. The summed E-state index contributed by atoms with van der Waals surface area (Å²) in [5.41, 5.74) is 4.00. The molecule has 2 N–H and O–H groups in total. The Morgan fingerprint density at radius 1 is 1.11 bits per heavy atom. The summed E-state index contributed by atoms with van der Waals surface area (Å²) < 4.78 is 6.13. The van der Waals surface area contributed by atoms with Crippen LogP contribution in [-0.2, 0) is 4.79 Å². The Balaban J connectivity index is 1.33. The summed E-state index contributed by atoms with van der Waals surface area (Å²) in [5, 5.41) is 12.3. The minimum atomic E-state index is -0.214. The van der Waals surface area contributed by atoms with Crippen LogP contribution in [0.25, 0.3) is 22.2 Å². The molecule has 1 atom stereocenters. The quantitative estimate of drug-likeness (QED) is 0.273. The Morgan fingerprint density at radius 3 is 2.53 bits per heavy atom. The van der Waals surface area contributed by atoms with Crippen molar-refractivity contribution in [1.29, 1.82) is 0 Å². The summed E-state index contributed by atoms with van der Waals surface area (Å²) in [4.78, 5) is 26.0. The molecule has 1 fully saturated rings. The summed E-state index contributed by atoms with van der Waals surface area (Å²) in [6.45, 7) is 5.57. The Hall–Kier alpha value is -3.84. The topological polar surface area (TPSA) is 87.3 Å². The lowest BCUT2D eigenvalue weighted by Crippen LogP contribution is -2.37. The van der Waals surface area contributed by atoms with E-state index in [1.807, 2.05) is 60.7 Å². The van der Waals surface area contributed by atoms with Gasteiger partial charge in [-0.15, -0.1) is 0 Å². The number of amides is 2. The van der Waals surface area contributed by atoms with Crippen molar-refractivity contribution in [3.05, 3.63) is 82.9 Å². The van der Waals surface area contributed by atoms with Gasteiger partial charge in [0.25, 0.3) is 5.91 Å². The first-order valence-electron chi connectivity index (χ1n) is 12.9. The molecule has 0 bridgehead atoms. The number of likely N-dealkylation sites (tertiary alicyclic amines) is 1. The molecule has 4 aromatic rings. The zero-order valence-electron chi connectivity index (χ0n) is 21.5. The van der Waals surface area contributed by atoms with Crippen LogP contribution in [0.5, 0.6) is 5.75 Å². The van der Waals surface area contributed by atoms with E-state index in [9.17, 15) is 9.59 Å². The third kappa shape index (κ3) is 5.53. The summed E-state index contributed by atoms with van der Waals surface area (Å²) in [6, 6.07) is 20.8. The molecule has 1 aliphatic rings. The molecule has 2 heterocycles. The minimum absolute atomic E-state index is 0.102. The predicted octanol–water partition coefficient (Wildman–Crippen LogP) is 6.01. The fourth-order valence-electron chi connectivity index (χ4n) is 4.91. The average Bonchev–Trinajstić information content (AvgIpc) is 3.36. The maximum atomic E-state index is 13.3. The van der Waals surface area contributed by atoms with Gasteiger partial charge in [-0.3, -0.25) is 14.7 Å². The van der Waals surface area contributed by atoms with Crippen LogP contribution in [0, 0.1) is 5.92 Å². The van der Waals surface area contributed by atoms with Crippen LogP contribution in [0.3, 0.4) is 0 Å². The second kappa shape index (κ2) is 11.3. The Morgan fingerprint density at radius 2 is 1.84 bits per heavy atom. The number of hydrogen-bond acceptors (Lipinski definition) is 4. The molecule has 38 heavy (non-hydrogen) atoms. The highest BCUT2D eigenvalue weighted by atomic mass is 35.5. The van der Waals surface area contributed by atoms with Gasteiger partial charge in [0.05, 0.1) is 17.3 Å². The first kappa shape index (κ1) is 25.8. The molecule has 0 radical (unpaired) electrons. The molecule has 0 aliphatic carbocycles. The van der Waals surface area contributed by atoms with Crippen LogP contribution in [-0.4, -0.2) is 46.6 Å². The third-order valence-corrected chi connectivity index (χ3v) is 7.42. The van der Waals surface area contributed by atoms with Crippen LogP contribution in [0.15, 0.2) is 66.7 Å². The lowest BCUT2D eigenvalue weighted by Gasteiger charge is -2.29. The van der Waals surface area contributed by atoms with Crippen molar-refractivity contribution in [3.8, 4) is 17.0 Å². The molecule has 196 valence electrons. The van der Waals surface area contributed by atoms with Crippen molar-refractivity contribution >= 4 is 34.8 Å². The van der Waals surface area contributed by atoms with Gasteiger partial charge < -0.3 is 15.0 Å². The molecular weight excluding hydrogens is 500 g/mol. The Bertz CT molecular complexity index is 1430. The summed E-state index contributed by atoms with van der Waals surface area (Å²) in [7, 11) is 0. The van der Waals surface area contributed by atoms with Gasteiger partial charge in [-0.2, -0.15) is 5.10 Å². The molecule has 2 amide bonds. The van der Waals surface area contributed by atoms with Crippen LogP contribution >= 0.6 is 11.6 Å². The van der Waals surface area contributed by atoms with E-state index in [4.69, 9.17) is 16.3 Å². The largest absolute Gasteiger partial charge is 0.490 e. The molecular formula is C30H31ClN4O3. The number of rotatable bonds is 8. The van der Waals surface area contributed by atoms with E-state index in [1.54, 1.807) is 11.0 Å². The number of aromatic amines is 1. The lowest BCUT2D eigenvalue weighted by molar-refractivity contribution is -0.119. The molecule has 0 spiro atoms. The van der Waals surface area contributed by atoms with Gasteiger partial charge in [0.1, 0.15) is 11.9 Å². The standard InChI is InChI=1S/C30H31ClN4O3/c1-19(2)28(24-5-3-4-6-26(24)31)32-30(37)21-9-12-27-25(17-21)29(34-33-27)20-7-10-22(11-8-20)38-23-13-15-35(18-36)16-14-23/h3-12,17-19,23,28H,13-16H2,1-2H3,(H,32,37)(H,33,34). The lowest BCUT2D eigenvalue weighted by atomic mass is 9.95. The van der Waals surface area contributed by atoms with Gasteiger partial charge in [-0.25, -0.2) is 0 Å². The van der Waals surface area contributed by atoms with E-state index in [-0.39, 0.29) is 24.0 Å². The molecule has 1 aromatic heterocycles. The van der Waals surface area contributed by atoms with Gasteiger partial charge in [0.15, 0.2) is 0 Å². The number of carbonyl (C=O) groups excluding carboxylic acids is 2. The molecule has 5 rings (SSSR count). The Kier molecular flexibility index (Phi) is 7.65. The molecule has 1 unspecified atom stereocenters. The maximum absolute atomic E-state index is 13.3. The number of H-pyrrole nitrogens is 1. The average molecular weight is 531 g/mol. The van der Waals surface area contributed by atoms with E-state index >= 15 is 0 Å². The second-order valence-electron chi connectivity index (χ2n) is 10.0. The summed E-state index contributed by atoms with van der Waals surface area (Å²) in [5.74, 6) is 0.782. The van der Waals surface area contributed by atoms with E-state index in [2.05, 4.69) is 29.4 Å². The first-order valence-corrected chi connectivity index (χ1v) is 13.3. The van der Waals surface area contributed by atoms with Crippen molar-refractivity contribution in [3.63, 3.8) is 0 Å². The zero-order valence-corrected chi connectivity index (χ0v) is 22.2. The number of fused-ring (bicyclic) bond motifs is 1. The van der Waals surface area contributed by atoms with Crippen LogP contribution in [0.1, 0.15) is 48.7 Å². The number of ether oxygens (including phenoxy) is 1. The minimum Gasteiger partial charge on any atom is -0.490 e. The predicted molar refractivity (Wildman–Crippen MR) is 149 cm³/mol. The monoisotopic (exact) mass is 530 g/mol. The van der Waals surface area contributed by atoms with Gasteiger partial charge in [0.2, 0.25) is 6.41 Å². The SMILES string of the molecule is CC(C)C(NC(=O)c1ccc2[nH]nc(-c3ccc(OC4CCN(C=O)CC4)cc3)c2c1)c1ccccc1Cl. The fourth-order valence-corrected chi connectivity index (χ4v) is 5.17. The molecule has 3 aromatic carbocycles. The van der Waals surface area contributed by atoms with Gasteiger partial charge in [-0.05, 0) is 60.0 Å². The van der Waals surface area contributed by atoms with E-state index in [0.717, 1.165) is 65.8 Å². The first-order chi connectivity index (χ1) is 18.4. The van der Waals surface area contributed by atoms with E-state index < -0.39 is 0 Å². The molecule has 8 heteroatoms. The van der Waals surface area contributed by atoms with Crippen molar-refractivity contribution in [2.45, 2.75) is 38.8 Å². The highest BCUT2D eigenvalue weighted by molar-refractivity contribution is 6.31. The number of piperidine rings is 1. The number of halogens is 1. The summed E-state index contributed by atoms with van der Waals surface area (Å²) in [6.07, 6.45) is 2.65. The fraction of sp³-hybridized carbons (Fsp3) is 0.300.